The molecule has 0 aliphatic carbocycles. The average molecular weight is 435 g/mol. The lowest BCUT2D eigenvalue weighted by Gasteiger charge is -2.09. The van der Waals surface area contributed by atoms with Gasteiger partial charge in [-0.2, -0.15) is 0 Å². The quantitative estimate of drug-likeness (QED) is 0.407. The molecule has 4 aromatic rings. The lowest BCUT2D eigenvalue weighted by atomic mass is 10.0. The van der Waals surface area contributed by atoms with Gasteiger partial charge in [-0.15, -0.1) is 11.3 Å². The summed E-state index contributed by atoms with van der Waals surface area (Å²) in [7, 11) is -3.64. The van der Waals surface area contributed by atoms with E-state index in [0.717, 1.165) is 27.4 Å². The van der Waals surface area contributed by atoms with Crippen molar-refractivity contribution in [2.75, 3.05) is 4.72 Å². The summed E-state index contributed by atoms with van der Waals surface area (Å²) in [5, 5.41) is 2.89. The van der Waals surface area contributed by atoms with E-state index in [1.54, 1.807) is 41.7 Å². The molecule has 6 heteroatoms. The number of hydrogen-bond donors (Lipinski definition) is 1. The first-order chi connectivity index (χ1) is 14.3. The van der Waals surface area contributed by atoms with E-state index in [1.165, 1.54) is 11.1 Å². The molecule has 0 saturated heterocycles. The van der Waals surface area contributed by atoms with Crippen LogP contribution in [0.15, 0.2) is 77.0 Å². The van der Waals surface area contributed by atoms with Crippen LogP contribution in [0.3, 0.4) is 0 Å². The Morgan fingerprint density at radius 1 is 0.867 bits per heavy atom. The fourth-order valence-electron chi connectivity index (χ4n) is 3.28. The Bertz CT molecular complexity index is 1310. The van der Waals surface area contributed by atoms with Crippen LogP contribution in [0.2, 0.25) is 0 Å². The Morgan fingerprint density at radius 3 is 2.33 bits per heavy atom. The number of thiazole rings is 1. The zero-order valence-corrected chi connectivity index (χ0v) is 18.6. The number of rotatable bonds is 5. The van der Waals surface area contributed by atoms with Gasteiger partial charge in [0.2, 0.25) is 0 Å². The molecule has 152 valence electrons. The molecule has 1 aromatic heterocycles. The van der Waals surface area contributed by atoms with E-state index >= 15 is 0 Å². The van der Waals surface area contributed by atoms with Crippen molar-refractivity contribution in [3.05, 3.63) is 88.8 Å². The maximum Gasteiger partial charge on any atom is 0.261 e. The van der Waals surface area contributed by atoms with Gasteiger partial charge in [-0.1, -0.05) is 53.6 Å². The normalized spacial score (nSPS) is 11.4. The Balaban J connectivity index is 1.61. The smallest absolute Gasteiger partial charge is 0.261 e. The van der Waals surface area contributed by atoms with Gasteiger partial charge in [-0.25, -0.2) is 13.4 Å². The van der Waals surface area contributed by atoms with E-state index in [1.807, 2.05) is 30.5 Å². The fourth-order valence-corrected chi connectivity index (χ4v) is 5.14. The molecule has 0 fully saturated rings. The van der Waals surface area contributed by atoms with Crippen LogP contribution in [-0.2, 0) is 10.0 Å². The van der Waals surface area contributed by atoms with Crippen LogP contribution in [0.25, 0.3) is 21.8 Å². The number of hydrogen-bond acceptors (Lipinski definition) is 4. The number of sulfonamides is 1. The summed E-state index contributed by atoms with van der Waals surface area (Å²) in [5.41, 5.74) is 6.85. The standard InChI is InChI=1S/C24H22N2O2S2/c1-16-7-10-21(11-8-16)30(27,28)26-20-6-4-5-19(14-20)24-25-23(15-29-24)22-12-9-17(2)13-18(22)3/h4-15,26H,1-3H3. The Morgan fingerprint density at radius 2 is 1.60 bits per heavy atom. The highest BCUT2D eigenvalue weighted by molar-refractivity contribution is 7.92. The van der Waals surface area contributed by atoms with Crippen LogP contribution in [-0.4, -0.2) is 13.4 Å². The minimum atomic E-state index is -3.64. The number of aromatic nitrogens is 1. The van der Waals surface area contributed by atoms with Crippen molar-refractivity contribution in [2.24, 2.45) is 0 Å². The van der Waals surface area contributed by atoms with Gasteiger partial charge < -0.3 is 0 Å². The summed E-state index contributed by atoms with van der Waals surface area (Å²) < 4.78 is 28.0. The molecule has 0 radical (unpaired) electrons. The molecule has 0 atom stereocenters. The molecule has 1 heterocycles. The summed E-state index contributed by atoms with van der Waals surface area (Å²) in [6, 6.07) is 20.5. The summed E-state index contributed by atoms with van der Waals surface area (Å²) in [6.45, 7) is 6.09. The van der Waals surface area contributed by atoms with Crippen LogP contribution < -0.4 is 4.72 Å². The van der Waals surface area contributed by atoms with Crippen LogP contribution in [0, 0.1) is 20.8 Å². The second-order valence-electron chi connectivity index (χ2n) is 7.36. The Kier molecular flexibility index (Phi) is 5.45. The molecule has 0 spiro atoms. The van der Waals surface area contributed by atoms with E-state index in [2.05, 4.69) is 36.8 Å². The molecular formula is C24H22N2O2S2. The predicted molar refractivity (Wildman–Crippen MR) is 124 cm³/mol. The Labute approximate surface area is 181 Å². The Hall–Kier alpha value is -2.96. The number of benzene rings is 3. The minimum absolute atomic E-state index is 0.241. The van der Waals surface area contributed by atoms with Gasteiger partial charge in [0.15, 0.2) is 0 Å². The highest BCUT2D eigenvalue weighted by atomic mass is 32.2. The predicted octanol–water partition coefficient (Wildman–Crippen LogP) is 6.20. The van der Waals surface area contributed by atoms with Crippen molar-refractivity contribution in [3.8, 4) is 21.8 Å². The summed E-state index contributed by atoms with van der Waals surface area (Å²) in [5.74, 6) is 0. The van der Waals surface area contributed by atoms with Gasteiger partial charge >= 0.3 is 0 Å². The highest BCUT2D eigenvalue weighted by Gasteiger charge is 2.15. The summed E-state index contributed by atoms with van der Waals surface area (Å²) >= 11 is 1.55. The molecule has 4 rings (SSSR count). The zero-order chi connectivity index (χ0) is 21.3. The maximum atomic E-state index is 12.7. The maximum absolute atomic E-state index is 12.7. The first kappa shape index (κ1) is 20.3. The molecular weight excluding hydrogens is 412 g/mol. The van der Waals surface area contributed by atoms with Crippen molar-refractivity contribution in [1.29, 1.82) is 0 Å². The first-order valence-electron chi connectivity index (χ1n) is 9.55. The molecule has 3 aromatic carbocycles. The van der Waals surface area contributed by atoms with Crippen molar-refractivity contribution in [3.63, 3.8) is 0 Å². The molecule has 0 aliphatic heterocycles. The van der Waals surface area contributed by atoms with Gasteiger partial charge in [0.05, 0.1) is 10.6 Å². The van der Waals surface area contributed by atoms with Crippen LogP contribution in [0.5, 0.6) is 0 Å². The zero-order valence-electron chi connectivity index (χ0n) is 17.0. The molecule has 1 N–H and O–H groups in total. The van der Waals surface area contributed by atoms with Crippen molar-refractivity contribution in [2.45, 2.75) is 25.7 Å². The van der Waals surface area contributed by atoms with Gasteiger partial charge in [0, 0.05) is 22.2 Å². The second-order valence-corrected chi connectivity index (χ2v) is 9.90. The number of nitrogens with one attached hydrogen (secondary N) is 1. The van der Waals surface area contributed by atoms with Gasteiger partial charge in [-0.3, -0.25) is 4.72 Å². The molecule has 0 bridgehead atoms. The number of nitrogens with zero attached hydrogens (tertiary/aromatic N) is 1. The summed E-state index contributed by atoms with van der Waals surface area (Å²) in [4.78, 5) is 5.03. The van der Waals surface area contributed by atoms with E-state index in [0.29, 0.717) is 5.69 Å². The lowest BCUT2D eigenvalue weighted by molar-refractivity contribution is 0.601. The minimum Gasteiger partial charge on any atom is -0.280 e. The lowest BCUT2D eigenvalue weighted by Crippen LogP contribution is -2.12. The third-order valence-electron chi connectivity index (χ3n) is 4.86. The number of anilines is 1. The molecule has 0 amide bonds. The third-order valence-corrected chi connectivity index (χ3v) is 7.14. The molecule has 0 unspecified atom stereocenters. The van der Waals surface area contributed by atoms with Crippen LogP contribution in [0.4, 0.5) is 5.69 Å². The van der Waals surface area contributed by atoms with Crippen molar-refractivity contribution < 1.29 is 8.42 Å². The number of aryl methyl sites for hydroxylation is 3. The van der Waals surface area contributed by atoms with E-state index in [-0.39, 0.29) is 4.90 Å². The second kappa shape index (κ2) is 8.05. The van der Waals surface area contributed by atoms with Crippen molar-refractivity contribution in [1.82, 2.24) is 4.98 Å². The molecule has 4 nitrogen and oxygen atoms in total. The van der Waals surface area contributed by atoms with Gasteiger partial charge in [-0.05, 0) is 50.6 Å². The van der Waals surface area contributed by atoms with E-state index in [4.69, 9.17) is 4.98 Å². The third kappa shape index (κ3) is 4.30. The van der Waals surface area contributed by atoms with Crippen LogP contribution in [0.1, 0.15) is 16.7 Å². The monoisotopic (exact) mass is 434 g/mol. The largest absolute Gasteiger partial charge is 0.280 e. The van der Waals surface area contributed by atoms with E-state index < -0.39 is 10.0 Å². The van der Waals surface area contributed by atoms with E-state index in [9.17, 15) is 8.42 Å². The molecule has 0 saturated carbocycles. The first-order valence-corrected chi connectivity index (χ1v) is 11.9. The van der Waals surface area contributed by atoms with Gasteiger partial charge in [0.25, 0.3) is 10.0 Å². The SMILES string of the molecule is Cc1ccc(S(=O)(=O)Nc2cccc(-c3nc(-c4ccc(C)cc4C)cs3)c2)cc1. The molecule has 0 aliphatic rings. The van der Waals surface area contributed by atoms with Gasteiger partial charge in [0.1, 0.15) is 5.01 Å². The molecule has 30 heavy (non-hydrogen) atoms. The van der Waals surface area contributed by atoms with Crippen molar-refractivity contribution >= 4 is 27.0 Å². The van der Waals surface area contributed by atoms with Crippen LogP contribution >= 0.6 is 11.3 Å². The summed E-state index contributed by atoms with van der Waals surface area (Å²) in [6.07, 6.45) is 0. The highest BCUT2D eigenvalue weighted by Crippen LogP contribution is 2.32. The topological polar surface area (TPSA) is 59.1 Å². The average Bonchev–Trinajstić information content (AvgIpc) is 3.18. The fraction of sp³-hybridized carbons (Fsp3) is 0.125.